The lowest BCUT2D eigenvalue weighted by Gasteiger charge is -2.33. The average Bonchev–Trinajstić information content (AvgIpc) is 3.08. The van der Waals surface area contributed by atoms with E-state index < -0.39 is 5.82 Å². The zero-order valence-electron chi connectivity index (χ0n) is 15.0. The largest absolute Gasteiger partial charge is 0.496 e. The van der Waals surface area contributed by atoms with Crippen molar-refractivity contribution in [3.63, 3.8) is 0 Å². The van der Waals surface area contributed by atoms with Crippen molar-refractivity contribution in [1.29, 1.82) is 0 Å². The van der Waals surface area contributed by atoms with Gasteiger partial charge in [-0.2, -0.15) is 0 Å². The highest BCUT2D eigenvalue weighted by Crippen LogP contribution is 2.24. The highest BCUT2D eigenvalue weighted by Gasteiger charge is 2.26. The molecule has 3 rings (SSSR count). The molecule has 2 heterocycles. The molecule has 140 valence electrons. The molecular weight excluding hydrogens is 339 g/mol. The fourth-order valence-corrected chi connectivity index (χ4v) is 3.07. The first-order valence-electron chi connectivity index (χ1n) is 8.58. The van der Waals surface area contributed by atoms with Crippen LogP contribution in [0, 0.1) is 12.7 Å². The average molecular weight is 362 g/mol. The number of carbonyl (C=O) groups is 1. The molecule has 1 fully saturated rings. The second-order valence-corrected chi connectivity index (χ2v) is 6.17. The third-order valence-corrected chi connectivity index (χ3v) is 4.44. The Morgan fingerprint density at radius 1 is 1.31 bits per heavy atom. The summed E-state index contributed by atoms with van der Waals surface area (Å²) in [5, 5.41) is 2.88. The number of furan rings is 1. The van der Waals surface area contributed by atoms with Gasteiger partial charge in [-0.15, -0.1) is 0 Å². The Labute approximate surface area is 151 Å². The standard InChI is InChI=1S/C19H23FN2O4/c1-13-3-5-18(26-13)16(22-7-9-25-10-8-22)12-21-19(23)15-11-14(20)4-6-17(15)24-2/h3-6,11,16H,7-10,12H2,1-2H3,(H,21,23). The van der Waals surface area contributed by atoms with Crippen LogP contribution in [0.5, 0.6) is 5.75 Å². The number of morpholine rings is 1. The number of carbonyl (C=O) groups excluding carboxylic acids is 1. The molecule has 1 aliphatic rings. The molecule has 6 nitrogen and oxygen atoms in total. The number of nitrogens with one attached hydrogen (secondary N) is 1. The van der Waals surface area contributed by atoms with Crippen molar-refractivity contribution < 1.29 is 23.1 Å². The maximum absolute atomic E-state index is 13.5. The van der Waals surface area contributed by atoms with Crippen molar-refractivity contribution in [2.45, 2.75) is 13.0 Å². The lowest BCUT2D eigenvalue weighted by atomic mass is 10.1. The van der Waals surface area contributed by atoms with E-state index in [0.29, 0.717) is 25.5 Å². The van der Waals surface area contributed by atoms with E-state index in [9.17, 15) is 9.18 Å². The Kier molecular flexibility index (Phi) is 5.90. The lowest BCUT2D eigenvalue weighted by Crippen LogP contribution is -2.43. The number of aryl methyl sites for hydroxylation is 1. The number of halogens is 1. The fourth-order valence-electron chi connectivity index (χ4n) is 3.07. The Morgan fingerprint density at radius 3 is 2.73 bits per heavy atom. The molecule has 1 atom stereocenters. The summed E-state index contributed by atoms with van der Waals surface area (Å²) in [5.74, 6) is 1.07. The molecule has 0 bridgehead atoms. The molecule has 1 unspecified atom stereocenters. The van der Waals surface area contributed by atoms with Crippen LogP contribution in [0.25, 0.3) is 0 Å². The highest BCUT2D eigenvalue weighted by molar-refractivity contribution is 5.96. The van der Waals surface area contributed by atoms with Gasteiger partial charge in [0.05, 0.1) is 31.9 Å². The van der Waals surface area contributed by atoms with Gasteiger partial charge in [-0.25, -0.2) is 4.39 Å². The summed E-state index contributed by atoms with van der Waals surface area (Å²) in [7, 11) is 1.45. The van der Waals surface area contributed by atoms with Crippen LogP contribution in [0.4, 0.5) is 4.39 Å². The van der Waals surface area contributed by atoms with Crippen molar-refractivity contribution in [3.05, 3.63) is 53.2 Å². The number of ether oxygens (including phenoxy) is 2. The molecule has 0 saturated carbocycles. The minimum absolute atomic E-state index is 0.115. The summed E-state index contributed by atoms with van der Waals surface area (Å²) in [6.07, 6.45) is 0. The summed E-state index contributed by atoms with van der Waals surface area (Å²) in [4.78, 5) is 14.8. The normalized spacial score (nSPS) is 16.3. The van der Waals surface area contributed by atoms with Gasteiger partial charge in [-0.1, -0.05) is 0 Å². The van der Waals surface area contributed by atoms with Crippen LogP contribution in [-0.2, 0) is 4.74 Å². The van der Waals surface area contributed by atoms with Gasteiger partial charge >= 0.3 is 0 Å². The van der Waals surface area contributed by atoms with E-state index in [1.165, 1.54) is 25.3 Å². The Morgan fingerprint density at radius 2 is 2.08 bits per heavy atom. The van der Waals surface area contributed by atoms with Gasteiger partial charge in [0, 0.05) is 19.6 Å². The van der Waals surface area contributed by atoms with Crippen molar-refractivity contribution in [3.8, 4) is 5.75 Å². The molecule has 0 aliphatic carbocycles. The smallest absolute Gasteiger partial charge is 0.255 e. The lowest BCUT2D eigenvalue weighted by molar-refractivity contribution is 0.0117. The monoisotopic (exact) mass is 362 g/mol. The quantitative estimate of drug-likeness (QED) is 0.856. The van der Waals surface area contributed by atoms with Gasteiger partial charge in [0.15, 0.2) is 0 Å². The number of nitrogens with zero attached hydrogens (tertiary/aromatic N) is 1. The second kappa shape index (κ2) is 8.33. The Hall–Kier alpha value is -2.38. The van der Waals surface area contributed by atoms with Gasteiger partial charge in [-0.05, 0) is 37.3 Å². The first-order chi connectivity index (χ1) is 12.6. The molecule has 1 aromatic carbocycles. The number of hydrogen-bond donors (Lipinski definition) is 1. The molecule has 1 saturated heterocycles. The van der Waals surface area contributed by atoms with E-state index in [1.54, 1.807) is 0 Å². The van der Waals surface area contributed by atoms with Gasteiger partial charge in [0.2, 0.25) is 0 Å². The molecular formula is C19H23FN2O4. The van der Waals surface area contributed by atoms with Crippen LogP contribution >= 0.6 is 0 Å². The fraction of sp³-hybridized carbons (Fsp3) is 0.421. The molecule has 1 aliphatic heterocycles. The first kappa shape index (κ1) is 18.4. The molecule has 26 heavy (non-hydrogen) atoms. The first-order valence-corrected chi connectivity index (χ1v) is 8.58. The minimum Gasteiger partial charge on any atom is -0.496 e. The van der Waals surface area contributed by atoms with Crippen molar-refractivity contribution in [2.24, 2.45) is 0 Å². The van der Waals surface area contributed by atoms with E-state index in [0.717, 1.165) is 24.6 Å². The maximum Gasteiger partial charge on any atom is 0.255 e. The predicted molar refractivity (Wildman–Crippen MR) is 93.9 cm³/mol. The third kappa shape index (κ3) is 4.23. The van der Waals surface area contributed by atoms with Crippen molar-refractivity contribution in [2.75, 3.05) is 40.0 Å². The van der Waals surface area contributed by atoms with Gasteiger partial charge in [-0.3, -0.25) is 9.69 Å². The molecule has 7 heteroatoms. The van der Waals surface area contributed by atoms with Crippen LogP contribution in [0.1, 0.15) is 27.9 Å². The SMILES string of the molecule is COc1ccc(F)cc1C(=O)NCC(c1ccc(C)o1)N1CCOCC1. The minimum atomic E-state index is -0.484. The number of rotatable bonds is 6. The van der Waals surface area contributed by atoms with Gasteiger partial charge in [0.1, 0.15) is 23.1 Å². The van der Waals surface area contributed by atoms with Crippen LogP contribution in [0.3, 0.4) is 0 Å². The number of benzene rings is 1. The highest BCUT2D eigenvalue weighted by atomic mass is 19.1. The van der Waals surface area contributed by atoms with E-state index in [4.69, 9.17) is 13.9 Å². The number of amides is 1. The topological polar surface area (TPSA) is 63.9 Å². The van der Waals surface area contributed by atoms with E-state index in [2.05, 4.69) is 10.2 Å². The summed E-state index contributed by atoms with van der Waals surface area (Å²) in [5.41, 5.74) is 0.170. The van der Waals surface area contributed by atoms with Crippen LogP contribution in [0.15, 0.2) is 34.7 Å². The summed E-state index contributed by atoms with van der Waals surface area (Å²) in [6, 6.07) is 7.59. The van der Waals surface area contributed by atoms with Crippen LogP contribution < -0.4 is 10.1 Å². The molecule has 0 spiro atoms. The maximum atomic E-state index is 13.5. The number of methoxy groups -OCH3 is 1. The zero-order valence-corrected chi connectivity index (χ0v) is 15.0. The number of hydrogen-bond acceptors (Lipinski definition) is 5. The molecule has 1 aromatic heterocycles. The summed E-state index contributed by atoms with van der Waals surface area (Å²) in [6.45, 7) is 5.01. The van der Waals surface area contributed by atoms with Crippen molar-refractivity contribution in [1.82, 2.24) is 10.2 Å². The van der Waals surface area contributed by atoms with Gasteiger partial charge in [0.25, 0.3) is 5.91 Å². The second-order valence-electron chi connectivity index (χ2n) is 6.17. The summed E-state index contributed by atoms with van der Waals surface area (Å²) < 4.78 is 29.9. The van der Waals surface area contributed by atoms with E-state index >= 15 is 0 Å². The summed E-state index contributed by atoms with van der Waals surface area (Å²) >= 11 is 0. The molecule has 2 aromatic rings. The van der Waals surface area contributed by atoms with Crippen molar-refractivity contribution >= 4 is 5.91 Å². The molecule has 1 N–H and O–H groups in total. The van der Waals surface area contributed by atoms with Crippen LogP contribution in [0.2, 0.25) is 0 Å². The molecule has 1 amide bonds. The predicted octanol–water partition coefficient (Wildman–Crippen LogP) is 2.54. The van der Waals surface area contributed by atoms with Crippen LogP contribution in [-0.4, -0.2) is 50.8 Å². The third-order valence-electron chi connectivity index (χ3n) is 4.44. The van der Waals surface area contributed by atoms with E-state index in [-0.39, 0.29) is 17.5 Å². The van der Waals surface area contributed by atoms with Gasteiger partial charge < -0.3 is 19.2 Å². The van der Waals surface area contributed by atoms with E-state index in [1.807, 2.05) is 19.1 Å². The Bertz CT molecular complexity index is 756. The Balaban J connectivity index is 1.75. The molecule has 0 radical (unpaired) electrons. The zero-order chi connectivity index (χ0) is 18.5.